The van der Waals surface area contributed by atoms with Gasteiger partial charge in [-0.25, -0.2) is 0 Å². The van der Waals surface area contributed by atoms with Crippen molar-refractivity contribution < 1.29 is 18.3 Å². The maximum atomic E-state index is 12.9. The molecule has 2 rings (SSSR count). The van der Waals surface area contributed by atoms with Crippen molar-refractivity contribution in [3.8, 4) is 5.75 Å². The number of hydrogen-bond donors (Lipinski definition) is 2. The van der Waals surface area contributed by atoms with Crippen LogP contribution in [0.15, 0.2) is 12.1 Å². The lowest BCUT2D eigenvalue weighted by atomic mass is 9.99. The van der Waals surface area contributed by atoms with Crippen LogP contribution in [0.4, 0.5) is 13.2 Å². The molecule has 1 aromatic carbocycles. The van der Waals surface area contributed by atoms with E-state index in [1.807, 2.05) is 0 Å². The van der Waals surface area contributed by atoms with Crippen molar-refractivity contribution in [2.75, 3.05) is 26.2 Å². The summed E-state index contributed by atoms with van der Waals surface area (Å²) in [6, 6.07) is 1.66. The normalized spacial score (nSPS) is 18.7. The fourth-order valence-electron chi connectivity index (χ4n) is 2.49. The lowest BCUT2D eigenvalue weighted by Crippen LogP contribution is -2.46. The van der Waals surface area contributed by atoms with E-state index in [4.69, 9.17) is 23.2 Å². The molecule has 0 amide bonds. The standard InChI is InChI=1S/C13H15Cl2F3N2O/c14-8-5-9(12(21)10(15)6-8)11(7-13(16,17)18)20-3-1-19-2-4-20/h5-6,11,19,21H,1-4,7H2/t11-/m0/s1. The number of alkyl halides is 3. The average Bonchev–Trinajstić information content (AvgIpc) is 2.40. The highest BCUT2D eigenvalue weighted by atomic mass is 35.5. The highest BCUT2D eigenvalue weighted by Crippen LogP contribution is 2.41. The van der Waals surface area contributed by atoms with Crippen molar-refractivity contribution in [3.05, 3.63) is 27.7 Å². The summed E-state index contributed by atoms with van der Waals surface area (Å²) in [7, 11) is 0. The molecule has 2 N–H and O–H groups in total. The molecule has 1 atom stereocenters. The zero-order valence-corrected chi connectivity index (χ0v) is 12.6. The van der Waals surface area contributed by atoms with E-state index in [1.165, 1.54) is 12.1 Å². The molecule has 1 aromatic rings. The zero-order chi connectivity index (χ0) is 15.6. The van der Waals surface area contributed by atoms with E-state index in [0.29, 0.717) is 26.2 Å². The molecule has 8 heteroatoms. The molecule has 118 valence electrons. The molecular weight excluding hydrogens is 328 g/mol. The van der Waals surface area contributed by atoms with E-state index in [-0.39, 0.29) is 21.4 Å². The van der Waals surface area contributed by atoms with Gasteiger partial charge in [-0.2, -0.15) is 13.2 Å². The first-order chi connectivity index (χ1) is 9.78. The Morgan fingerprint density at radius 2 is 1.86 bits per heavy atom. The first-order valence-corrected chi connectivity index (χ1v) is 7.23. The number of halogens is 5. The Kier molecular flexibility index (Phi) is 5.24. The third kappa shape index (κ3) is 4.39. The maximum absolute atomic E-state index is 12.9. The Morgan fingerprint density at radius 3 is 2.43 bits per heavy atom. The van der Waals surface area contributed by atoms with Gasteiger partial charge >= 0.3 is 6.18 Å². The SMILES string of the molecule is Oc1c(Cl)cc(Cl)cc1[C@H](CC(F)(F)F)N1CCNCC1. The summed E-state index contributed by atoms with van der Waals surface area (Å²) in [5.41, 5.74) is 0.117. The first-order valence-electron chi connectivity index (χ1n) is 6.47. The Morgan fingerprint density at radius 1 is 1.24 bits per heavy atom. The third-order valence-corrected chi connectivity index (χ3v) is 3.94. The number of phenolic OH excluding ortho intramolecular Hbond substituents is 1. The molecule has 1 aliphatic rings. The Hall–Kier alpha value is -0.690. The van der Waals surface area contributed by atoms with Crippen molar-refractivity contribution in [3.63, 3.8) is 0 Å². The van der Waals surface area contributed by atoms with Crippen LogP contribution in [0, 0.1) is 0 Å². The molecule has 3 nitrogen and oxygen atoms in total. The molecule has 1 fully saturated rings. The lowest BCUT2D eigenvalue weighted by Gasteiger charge is -2.36. The number of nitrogens with one attached hydrogen (secondary N) is 1. The molecule has 1 saturated heterocycles. The van der Waals surface area contributed by atoms with Gasteiger partial charge in [0, 0.05) is 42.8 Å². The molecular formula is C13H15Cl2F3N2O. The van der Waals surface area contributed by atoms with Crippen LogP contribution >= 0.6 is 23.2 Å². The quantitative estimate of drug-likeness (QED) is 0.880. The van der Waals surface area contributed by atoms with E-state index >= 15 is 0 Å². The summed E-state index contributed by atoms with van der Waals surface area (Å²) < 4.78 is 38.7. The van der Waals surface area contributed by atoms with E-state index in [2.05, 4.69) is 5.32 Å². The summed E-state index contributed by atoms with van der Waals surface area (Å²) in [5.74, 6) is -0.339. The van der Waals surface area contributed by atoms with Crippen LogP contribution in [0.5, 0.6) is 5.75 Å². The maximum Gasteiger partial charge on any atom is 0.390 e. The van der Waals surface area contributed by atoms with Crippen molar-refractivity contribution >= 4 is 23.2 Å². The van der Waals surface area contributed by atoms with Gasteiger partial charge < -0.3 is 10.4 Å². The minimum Gasteiger partial charge on any atom is -0.506 e. The summed E-state index contributed by atoms with van der Waals surface area (Å²) in [6.45, 7) is 2.13. The van der Waals surface area contributed by atoms with Crippen LogP contribution in [0.25, 0.3) is 0 Å². The fourth-order valence-corrected chi connectivity index (χ4v) is 3.00. The molecule has 0 aliphatic carbocycles. The molecule has 1 aliphatic heterocycles. The predicted octanol–water partition coefficient (Wildman–Crippen LogP) is 3.60. The van der Waals surface area contributed by atoms with Gasteiger partial charge in [0.15, 0.2) is 0 Å². The van der Waals surface area contributed by atoms with Gasteiger partial charge in [-0.3, -0.25) is 4.90 Å². The summed E-state index contributed by atoms with van der Waals surface area (Å²) in [6.07, 6.45) is -5.41. The largest absolute Gasteiger partial charge is 0.506 e. The smallest absolute Gasteiger partial charge is 0.390 e. The van der Waals surface area contributed by atoms with Gasteiger partial charge in [-0.1, -0.05) is 23.2 Å². The highest BCUT2D eigenvalue weighted by molar-refractivity contribution is 6.35. The monoisotopic (exact) mass is 342 g/mol. The van der Waals surface area contributed by atoms with Gasteiger partial charge in [-0.05, 0) is 12.1 Å². The summed E-state index contributed by atoms with van der Waals surface area (Å²) in [4.78, 5) is 1.69. The van der Waals surface area contributed by atoms with Crippen molar-refractivity contribution in [2.45, 2.75) is 18.6 Å². The number of nitrogens with zero attached hydrogens (tertiary/aromatic N) is 1. The van der Waals surface area contributed by atoms with Crippen LogP contribution in [0.3, 0.4) is 0 Å². The Balaban J connectivity index is 2.38. The van der Waals surface area contributed by atoms with Gasteiger partial charge in [0.25, 0.3) is 0 Å². The molecule has 0 aromatic heterocycles. The number of aromatic hydroxyl groups is 1. The second-order valence-electron chi connectivity index (χ2n) is 4.95. The lowest BCUT2D eigenvalue weighted by molar-refractivity contribution is -0.148. The van der Waals surface area contributed by atoms with Crippen LogP contribution in [-0.2, 0) is 0 Å². The number of benzene rings is 1. The minimum atomic E-state index is -4.35. The number of piperazine rings is 1. The van der Waals surface area contributed by atoms with Gasteiger partial charge in [0.05, 0.1) is 11.4 Å². The van der Waals surface area contributed by atoms with Crippen molar-refractivity contribution in [1.82, 2.24) is 10.2 Å². The van der Waals surface area contributed by atoms with Gasteiger partial charge in [0.2, 0.25) is 0 Å². The Labute approximate surface area is 130 Å². The predicted molar refractivity (Wildman–Crippen MR) is 76.0 cm³/mol. The second kappa shape index (κ2) is 6.60. The van der Waals surface area contributed by atoms with Crippen LogP contribution in [0.2, 0.25) is 10.0 Å². The summed E-state index contributed by atoms with van der Waals surface area (Å²) >= 11 is 11.7. The van der Waals surface area contributed by atoms with E-state index < -0.39 is 18.6 Å². The number of hydrogen-bond acceptors (Lipinski definition) is 3. The zero-order valence-electron chi connectivity index (χ0n) is 11.1. The fraction of sp³-hybridized carbons (Fsp3) is 0.538. The van der Waals surface area contributed by atoms with Crippen LogP contribution in [0.1, 0.15) is 18.0 Å². The highest BCUT2D eigenvalue weighted by Gasteiger charge is 2.37. The molecule has 0 saturated carbocycles. The molecule has 0 unspecified atom stereocenters. The van der Waals surface area contributed by atoms with E-state index in [0.717, 1.165) is 0 Å². The average molecular weight is 343 g/mol. The number of phenols is 1. The minimum absolute atomic E-state index is 0.0418. The second-order valence-corrected chi connectivity index (χ2v) is 5.79. The number of rotatable bonds is 3. The topological polar surface area (TPSA) is 35.5 Å². The van der Waals surface area contributed by atoms with Gasteiger partial charge in [-0.15, -0.1) is 0 Å². The van der Waals surface area contributed by atoms with Crippen LogP contribution < -0.4 is 5.32 Å². The first kappa shape index (κ1) is 16.7. The summed E-state index contributed by atoms with van der Waals surface area (Å²) in [5, 5.41) is 13.3. The van der Waals surface area contributed by atoms with E-state index in [9.17, 15) is 18.3 Å². The van der Waals surface area contributed by atoms with Crippen molar-refractivity contribution in [1.29, 1.82) is 0 Å². The molecule has 21 heavy (non-hydrogen) atoms. The van der Waals surface area contributed by atoms with Crippen LogP contribution in [-0.4, -0.2) is 42.4 Å². The molecule has 0 radical (unpaired) electrons. The van der Waals surface area contributed by atoms with Crippen molar-refractivity contribution in [2.24, 2.45) is 0 Å². The third-order valence-electron chi connectivity index (χ3n) is 3.43. The molecule has 1 heterocycles. The van der Waals surface area contributed by atoms with Gasteiger partial charge in [0.1, 0.15) is 5.75 Å². The molecule has 0 spiro atoms. The molecule has 0 bridgehead atoms. The Bertz CT molecular complexity index is 505. The van der Waals surface area contributed by atoms with E-state index in [1.54, 1.807) is 4.90 Å².